The van der Waals surface area contributed by atoms with Gasteiger partial charge in [-0.3, -0.25) is 4.79 Å². The molecule has 0 atom stereocenters. The maximum absolute atomic E-state index is 11.2. The van der Waals surface area contributed by atoms with Crippen molar-refractivity contribution >= 4 is 5.78 Å². The number of ketones is 1. The maximum atomic E-state index is 11.2. The summed E-state index contributed by atoms with van der Waals surface area (Å²) in [4.78, 5) is 11.2. The Hall–Kier alpha value is -2.09. The second kappa shape index (κ2) is 5.70. The van der Waals surface area contributed by atoms with E-state index in [0.29, 0.717) is 12.2 Å². The summed E-state index contributed by atoms with van der Waals surface area (Å²) < 4.78 is 5.71. The minimum absolute atomic E-state index is 0.0701. The first-order valence-corrected chi connectivity index (χ1v) is 6.36. The first kappa shape index (κ1) is 13.3. The highest BCUT2D eigenvalue weighted by atomic mass is 16.5. The summed E-state index contributed by atoms with van der Waals surface area (Å²) in [7, 11) is 0. The Kier molecular flexibility index (Phi) is 4.00. The quantitative estimate of drug-likeness (QED) is 0.768. The molecule has 0 fully saturated rings. The van der Waals surface area contributed by atoms with Crippen LogP contribution in [-0.2, 0) is 6.61 Å². The van der Waals surface area contributed by atoms with Crippen LogP contribution in [0.1, 0.15) is 34.0 Å². The van der Waals surface area contributed by atoms with Crippen molar-refractivity contribution in [2.75, 3.05) is 0 Å². The van der Waals surface area contributed by atoms with Crippen LogP contribution in [-0.4, -0.2) is 5.78 Å². The topological polar surface area (TPSA) is 26.3 Å². The molecule has 2 heteroatoms. The van der Waals surface area contributed by atoms with Gasteiger partial charge in [-0.2, -0.15) is 0 Å². The van der Waals surface area contributed by atoms with Crippen molar-refractivity contribution in [3.8, 4) is 5.75 Å². The Morgan fingerprint density at radius 3 is 2.26 bits per heavy atom. The van der Waals surface area contributed by atoms with Crippen molar-refractivity contribution in [1.29, 1.82) is 0 Å². The normalized spacial score (nSPS) is 10.3. The highest BCUT2D eigenvalue weighted by Crippen LogP contribution is 2.16. The second-order valence-electron chi connectivity index (χ2n) is 4.79. The molecule has 2 rings (SSSR count). The number of rotatable bonds is 4. The first-order chi connectivity index (χ1) is 9.06. The fourth-order valence-corrected chi connectivity index (χ4v) is 1.85. The lowest BCUT2D eigenvalue weighted by atomic mass is 10.1. The predicted molar refractivity (Wildman–Crippen MR) is 76.7 cm³/mol. The summed E-state index contributed by atoms with van der Waals surface area (Å²) >= 11 is 0. The zero-order valence-electron chi connectivity index (χ0n) is 11.6. The van der Waals surface area contributed by atoms with Gasteiger partial charge in [0.15, 0.2) is 5.78 Å². The Balaban J connectivity index is 2.01. The van der Waals surface area contributed by atoms with Crippen LogP contribution in [0.3, 0.4) is 0 Å². The van der Waals surface area contributed by atoms with Gasteiger partial charge in [0.2, 0.25) is 0 Å². The van der Waals surface area contributed by atoms with Gasteiger partial charge in [0.25, 0.3) is 0 Å². The number of ether oxygens (including phenoxy) is 1. The van der Waals surface area contributed by atoms with Gasteiger partial charge in [-0.05, 0) is 61.7 Å². The van der Waals surface area contributed by atoms with Crippen LogP contribution >= 0.6 is 0 Å². The summed E-state index contributed by atoms with van der Waals surface area (Å²) in [6.45, 7) is 6.30. The summed E-state index contributed by atoms with van der Waals surface area (Å²) in [5, 5.41) is 0. The van der Waals surface area contributed by atoms with E-state index in [1.165, 1.54) is 11.1 Å². The highest BCUT2D eigenvalue weighted by molar-refractivity contribution is 5.94. The number of carbonyl (C=O) groups is 1. The van der Waals surface area contributed by atoms with Crippen LogP contribution < -0.4 is 4.74 Å². The van der Waals surface area contributed by atoms with Gasteiger partial charge in [-0.1, -0.05) is 18.2 Å². The third-order valence-corrected chi connectivity index (χ3v) is 3.24. The molecule has 0 N–H and O–H groups in total. The molecule has 0 spiro atoms. The average molecular weight is 254 g/mol. The van der Waals surface area contributed by atoms with E-state index in [9.17, 15) is 4.79 Å². The average Bonchev–Trinajstić information content (AvgIpc) is 2.40. The van der Waals surface area contributed by atoms with E-state index >= 15 is 0 Å². The van der Waals surface area contributed by atoms with E-state index in [0.717, 1.165) is 11.3 Å². The van der Waals surface area contributed by atoms with Gasteiger partial charge in [0.1, 0.15) is 12.4 Å². The van der Waals surface area contributed by atoms with E-state index in [1.807, 2.05) is 12.1 Å². The summed E-state index contributed by atoms with van der Waals surface area (Å²) in [6.07, 6.45) is 0. The standard InChI is InChI=1S/C17H18O2/c1-12-4-5-15(10-13(12)2)11-19-17-8-6-16(7-9-17)14(3)18/h4-10H,11H2,1-3H3. The SMILES string of the molecule is CC(=O)c1ccc(OCc2ccc(C)c(C)c2)cc1. The minimum Gasteiger partial charge on any atom is -0.489 e. The number of carbonyl (C=O) groups excluding carboxylic acids is 1. The third kappa shape index (κ3) is 3.44. The molecule has 0 aliphatic rings. The fraction of sp³-hybridized carbons (Fsp3) is 0.235. The van der Waals surface area contributed by atoms with Crippen LogP contribution in [0.4, 0.5) is 0 Å². The van der Waals surface area contributed by atoms with Gasteiger partial charge in [0, 0.05) is 5.56 Å². The van der Waals surface area contributed by atoms with Gasteiger partial charge >= 0.3 is 0 Å². The molecule has 0 unspecified atom stereocenters. The number of Topliss-reactive ketones (excluding diaryl/α,β-unsaturated/α-hetero) is 1. The van der Waals surface area contributed by atoms with E-state index < -0.39 is 0 Å². The van der Waals surface area contributed by atoms with Gasteiger partial charge in [-0.15, -0.1) is 0 Å². The monoisotopic (exact) mass is 254 g/mol. The predicted octanol–water partition coefficient (Wildman–Crippen LogP) is 4.09. The lowest BCUT2D eigenvalue weighted by molar-refractivity contribution is 0.101. The highest BCUT2D eigenvalue weighted by Gasteiger charge is 2.01. The molecule has 0 aromatic heterocycles. The maximum Gasteiger partial charge on any atom is 0.159 e. The van der Waals surface area contributed by atoms with Crippen LogP contribution in [0.5, 0.6) is 5.75 Å². The molecule has 0 aliphatic heterocycles. The summed E-state index contributed by atoms with van der Waals surface area (Å²) in [5.74, 6) is 0.851. The van der Waals surface area contributed by atoms with Crippen molar-refractivity contribution in [2.24, 2.45) is 0 Å². The first-order valence-electron chi connectivity index (χ1n) is 6.36. The zero-order valence-corrected chi connectivity index (χ0v) is 11.6. The Morgan fingerprint density at radius 1 is 1.00 bits per heavy atom. The molecular formula is C17H18O2. The summed E-state index contributed by atoms with van der Waals surface area (Å²) in [5.41, 5.74) is 4.42. The fourth-order valence-electron chi connectivity index (χ4n) is 1.85. The largest absolute Gasteiger partial charge is 0.489 e. The minimum atomic E-state index is 0.0701. The molecule has 0 heterocycles. The van der Waals surface area contributed by atoms with E-state index in [2.05, 4.69) is 32.0 Å². The molecule has 0 bridgehead atoms. The van der Waals surface area contributed by atoms with Crippen molar-refractivity contribution in [3.05, 3.63) is 64.7 Å². The lowest BCUT2D eigenvalue weighted by Crippen LogP contribution is -1.97. The van der Waals surface area contributed by atoms with Crippen molar-refractivity contribution < 1.29 is 9.53 Å². The van der Waals surface area contributed by atoms with Crippen molar-refractivity contribution in [1.82, 2.24) is 0 Å². The molecular weight excluding hydrogens is 236 g/mol. The molecule has 2 aromatic rings. The number of hydrogen-bond acceptors (Lipinski definition) is 2. The summed E-state index contributed by atoms with van der Waals surface area (Å²) in [6, 6.07) is 13.6. The number of benzene rings is 2. The Bertz CT molecular complexity index is 583. The zero-order chi connectivity index (χ0) is 13.8. The number of aryl methyl sites for hydroxylation is 2. The van der Waals surface area contributed by atoms with Gasteiger partial charge in [0.05, 0.1) is 0 Å². The van der Waals surface area contributed by atoms with Crippen LogP contribution in [0, 0.1) is 13.8 Å². The van der Waals surface area contributed by atoms with Crippen molar-refractivity contribution in [2.45, 2.75) is 27.4 Å². The molecule has 0 radical (unpaired) electrons. The van der Waals surface area contributed by atoms with E-state index in [4.69, 9.17) is 4.74 Å². The van der Waals surface area contributed by atoms with Gasteiger partial charge in [-0.25, -0.2) is 0 Å². The Labute approximate surface area is 114 Å². The molecule has 2 aromatic carbocycles. The Morgan fingerprint density at radius 2 is 1.68 bits per heavy atom. The van der Waals surface area contributed by atoms with E-state index in [1.54, 1.807) is 19.1 Å². The molecule has 0 saturated heterocycles. The molecule has 0 saturated carbocycles. The van der Waals surface area contributed by atoms with E-state index in [-0.39, 0.29) is 5.78 Å². The van der Waals surface area contributed by atoms with Crippen LogP contribution in [0.25, 0.3) is 0 Å². The lowest BCUT2D eigenvalue weighted by Gasteiger charge is -2.08. The second-order valence-corrected chi connectivity index (χ2v) is 4.79. The van der Waals surface area contributed by atoms with Gasteiger partial charge < -0.3 is 4.74 Å². The number of hydrogen-bond donors (Lipinski definition) is 0. The molecule has 0 aliphatic carbocycles. The molecule has 98 valence electrons. The van der Waals surface area contributed by atoms with Crippen LogP contribution in [0.15, 0.2) is 42.5 Å². The molecule has 0 amide bonds. The third-order valence-electron chi connectivity index (χ3n) is 3.24. The molecule has 2 nitrogen and oxygen atoms in total. The van der Waals surface area contributed by atoms with Crippen LogP contribution in [0.2, 0.25) is 0 Å². The van der Waals surface area contributed by atoms with Crippen molar-refractivity contribution in [3.63, 3.8) is 0 Å². The molecule has 19 heavy (non-hydrogen) atoms. The smallest absolute Gasteiger partial charge is 0.159 e.